The van der Waals surface area contributed by atoms with Gasteiger partial charge in [0.1, 0.15) is 5.60 Å². The first-order valence-electron chi connectivity index (χ1n) is 9.46. The summed E-state index contributed by atoms with van der Waals surface area (Å²) < 4.78 is 16.9. The summed E-state index contributed by atoms with van der Waals surface area (Å²) in [5.41, 5.74) is -1.67. The molecule has 0 aromatic heterocycles. The van der Waals surface area contributed by atoms with Crippen molar-refractivity contribution in [3.8, 4) is 0 Å². The molecule has 2 fully saturated rings. The summed E-state index contributed by atoms with van der Waals surface area (Å²) in [6.45, 7) is 11.4. The van der Waals surface area contributed by atoms with Crippen molar-refractivity contribution in [2.75, 3.05) is 6.61 Å². The van der Waals surface area contributed by atoms with Gasteiger partial charge in [-0.25, -0.2) is 9.69 Å². The summed E-state index contributed by atoms with van der Waals surface area (Å²) in [5, 5.41) is 0. The highest BCUT2D eigenvalue weighted by atomic mass is 16.7. The number of ether oxygens (including phenoxy) is 3. The molecule has 2 amide bonds. The zero-order chi connectivity index (χ0) is 18.8. The van der Waals surface area contributed by atoms with Crippen LogP contribution in [0.2, 0.25) is 0 Å². The fraction of sp³-hybridized carbons (Fsp3) is 0.895. The van der Waals surface area contributed by atoms with Crippen LogP contribution in [0.15, 0.2) is 0 Å². The number of hydrogen-bond acceptors (Lipinski definition) is 5. The molecule has 6 heteroatoms. The molecule has 1 saturated heterocycles. The summed E-state index contributed by atoms with van der Waals surface area (Å²) in [6, 6.07) is -0.293. The molecular weight excluding hydrogens is 322 g/mol. The Kier molecular flexibility index (Phi) is 6.15. The van der Waals surface area contributed by atoms with Crippen molar-refractivity contribution in [3.63, 3.8) is 0 Å². The Labute approximate surface area is 151 Å². The van der Waals surface area contributed by atoms with Gasteiger partial charge in [0.05, 0.1) is 6.04 Å². The van der Waals surface area contributed by atoms with Crippen LogP contribution in [0.5, 0.6) is 0 Å². The van der Waals surface area contributed by atoms with Crippen LogP contribution in [0.3, 0.4) is 0 Å². The minimum absolute atomic E-state index is 0.248. The molecule has 1 saturated carbocycles. The van der Waals surface area contributed by atoms with Crippen molar-refractivity contribution in [2.24, 2.45) is 5.92 Å². The molecule has 6 nitrogen and oxygen atoms in total. The third-order valence-electron chi connectivity index (χ3n) is 4.98. The molecule has 0 radical (unpaired) electrons. The topological polar surface area (TPSA) is 65.1 Å². The summed E-state index contributed by atoms with van der Waals surface area (Å²) in [4.78, 5) is 26.7. The number of rotatable bonds is 5. The summed E-state index contributed by atoms with van der Waals surface area (Å²) in [5.74, 6) is -0.0818. The van der Waals surface area contributed by atoms with E-state index in [-0.39, 0.29) is 17.9 Å². The molecule has 1 heterocycles. The summed E-state index contributed by atoms with van der Waals surface area (Å²) in [6.07, 6.45) is 4.38. The lowest BCUT2D eigenvalue weighted by Gasteiger charge is -2.56. The van der Waals surface area contributed by atoms with Gasteiger partial charge in [-0.05, 0) is 60.3 Å². The van der Waals surface area contributed by atoms with Gasteiger partial charge in [0, 0.05) is 6.61 Å². The van der Waals surface area contributed by atoms with Gasteiger partial charge >= 0.3 is 6.09 Å². The maximum atomic E-state index is 12.8. The Hall–Kier alpha value is -1.14. The number of carbonyl (C=O) groups excluding carboxylic acids is 2. The highest BCUT2D eigenvalue weighted by Crippen LogP contribution is 2.45. The maximum Gasteiger partial charge on any atom is 0.417 e. The average Bonchev–Trinajstić information content (AvgIpc) is 2.50. The molecule has 0 spiro atoms. The molecule has 1 aliphatic heterocycles. The highest BCUT2D eigenvalue weighted by Gasteiger charge is 2.65. The van der Waals surface area contributed by atoms with Gasteiger partial charge in [-0.15, -0.1) is 0 Å². The maximum absolute atomic E-state index is 12.8. The Bertz CT molecular complexity index is 495. The van der Waals surface area contributed by atoms with Gasteiger partial charge in [0.25, 0.3) is 5.91 Å². The van der Waals surface area contributed by atoms with E-state index in [1.165, 1.54) is 11.3 Å². The zero-order valence-corrected chi connectivity index (χ0v) is 16.5. The first-order chi connectivity index (χ1) is 11.6. The quantitative estimate of drug-likeness (QED) is 0.553. The van der Waals surface area contributed by atoms with Gasteiger partial charge in [0.15, 0.2) is 11.9 Å². The number of likely N-dealkylation sites (tertiary alicyclic amines) is 1. The van der Waals surface area contributed by atoms with E-state index in [9.17, 15) is 9.59 Å². The number of imide groups is 1. The lowest BCUT2D eigenvalue weighted by molar-refractivity contribution is -0.251. The molecule has 0 aromatic rings. The van der Waals surface area contributed by atoms with Crippen LogP contribution in [0.4, 0.5) is 4.79 Å². The van der Waals surface area contributed by atoms with E-state index < -0.39 is 23.6 Å². The second-order valence-corrected chi connectivity index (χ2v) is 8.25. The molecule has 0 N–H and O–H groups in total. The fourth-order valence-corrected chi connectivity index (χ4v) is 4.02. The lowest BCUT2D eigenvalue weighted by atomic mass is 9.70. The van der Waals surface area contributed by atoms with E-state index in [0.717, 1.165) is 25.7 Å². The van der Waals surface area contributed by atoms with E-state index in [1.54, 1.807) is 34.6 Å². The average molecular weight is 355 g/mol. The van der Waals surface area contributed by atoms with Crippen molar-refractivity contribution in [1.29, 1.82) is 0 Å². The largest absolute Gasteiger partial charge is 0.443 e. The van der Waals surface area contributed by atoms with Crippen LogP contribution in [0.25, 0.3) is 0 Å². The smallest absolute Gasteiger partial charge is 0.417 e. The minimum Gasteiger partial charge on any atom is -0.443 e. The van der Waals surface area contributed by atoms with E-state index >= 15 is 0 Å². The first kappa shape index (κ1) is 20.2. The van der Waals surface area contributed by atoms with Gasteiger partial charge in [-0.2, -0.15) is 0 Å². The number of nitrogens with zero attached hydrogens (tertiary/aromatic N) is 1. The van der Waals surface area contributed by atoms with Gasteiger partial charge in [0.2, 0.25) is 0 Å². The molecule has 2 rings (SSSR count). The van der Waals surface area contributed by atoms with Crippen LogP contribution < -0.4 is 0 Å². The van der Waals surface area contributed by atoms with Gasteiger partial charge < -0.3 is 14.2 Å². The van der Waals surface area contributed by atoms with Crippen molar-refractivity contribution < 1.29 is 23.8 Å². The third-order valence-corrected chi connectivity index (χ3v) is 4.98. The summed E-state index contributed by atoms with van der Waals surface area (Å²) >= 11 is 0. The predicted octanol–water partition coefficient (Wildman–Crippen LogP) is 3.87. The van der Waals surface area contributed by atoms with Crippen LogP contribution in [-0.2, 0) is 19.0 Å². The van der Waals surface area contributed by atoms with Crippen LogP contribution in [0.1, 0.15) is 73.6 Å². The molecule has 0 bridgehead atoms. The second-order valence-electron chi connectivity index (χ2n) is 8.25. The predicted molar refractivity (Wildman–Crippen MR) is 94.0 cm³/mol. The normalized spacial score (nSPS) is 29.3. The monoisotopic (exact) mass is 355 g/mol. The van der Waals surface area contributed by atoms with E-state index in [0.29, 0.717) is 6.61 Å². The van der Waals surface area contributed by atoms with Crippen molar-refractivity contribution >= 4 is 12.0 Å². The van der Waals surface area contributed by atoms with E-state index in [1.807, 2.05) is 6.92 Å². The van der Waals surface area contributed by atoms with Crippen molar-refractivity contribution in [2.45, 2.75) is 97.2 Å². The third kappa shape index (κ3) is 4.34. The molecule has 2 aliphatic rings. The second kappa shape index (κ2) is 7.62. The van der Waals surface area contributed by atoms with E-state index in [4.69, 9.17) is 14.2 Å². The number of hydrogen-bond donors (Lipinski definition) is 0. The highest BCUT2D eigenvalue weighted by molar-refractivity contribution is 6.04. The molecule has 1 aliphatic carbocycles. The number of amides is 2. The fourth-order valence-electron chi connectivity index (χ4n) is 4.02. The molecular formula is C19H33NO5. The van der Waals surface area contributed by atoms with Gasteiger partial charge in [-0.3, -0.25) is 4.79 Å². The number of β-lactam (4-membered cyclic amide) rings is 1. The van der Waals surface area contributed by atoms with Crippen LogP contribution in [0, 0.1) is 5.92 Å². The first-order valence-corrected chi connectivity index (χ1v) is 9.46. The molecule has 144 valence electrons. The van der Waals surface area contributed by atoms with Crippen molar-refractivity contribution in [1.82, 2.24) is 4.90 Å². The van der Waals surface area contributed by atoms with Crippen LogP contribution >= 0.6 is 0 Å². The van der Waals surface area contributed by atoms with Crippen molar-refractivity contribution in [3.05, 3.63) is 0 Å². The summed E-state index contributed by atoms with van der Waals surface area (Å²) in [7, 11) is 0. The van der Waals surface area contributed by atoms with Gasteiger partial charge in [-0.1, -0.05) is 19.3 Å². The van der Waals surface area contributed by atoms with E-state index in [2.05, 4.69) is 0 Å². The molecule has 0 aromatic carbocycles. The molecule has 3 atom stereocenters. The minimum atomic E-state index is -1.03. The SMILES string of the molecule is CCOC(C)O[C@@]1(C)C(=O)N(C(=O)OC(C)(C)C)[C@H]1C1CCCCC1. The number of carbonyl (C=O) groups is 2. The van der Waals surface area contributed by atoms with Crippen LogP contribution in [-0.4, -0.2) is 47.0 Å². The Morgan fingerprint density at radius 3 is 2.40 bits per heavy atom. The zero-order valence-electron chi connectivity index (χ0n) is 16.5. The standard InChI is InChI=1S/C19H33NO5/c1-7-23-13(2)24-19(6)15(14-11-9-8-10-12-14)20(16(19)21)17(22)25-18(3,4)5/h13-15H,7-12H2,1-6H3/t13?,15-,19+/m0/s1. The Morgan fingerprint density at radius 1 is 1.28 bits per heavy atom. The Morgan fingerprint density at radius 2 is 1.88 bits per heavy atom. The lowest BCUT2D eigenvalue weighted by Crippen LogP contribution is -2.77. The molecule has 25 heavy (non-hydrogen) atoms. The Balaban J connectivity index is 2.21. The molecule has 1 unspecified atom stereocenters.